The molecule has 5 nitrogen and oxygen atoms in total. The van der Waals surface area contributed by atoms with Crippen LogP contribution in [0.5, 0.6) is 0 Å². The lowest BCUT2D eigenvalue weighted by molar-refractivity contribution is -0.126. The van der Waals surface area contributed by atoms with Crippen LogP contribution < -0.4 is 5.32 Å². The van der Waals surface area contributed by atoms with Crippen molar-refractivity contribution in [3.63, 3.8) is 0 Å². The van der Waals surface area contributed by atoms with Gasteiger partial charge in [-0.15, -0.1) is 11.3 Å². The molecule has 0 saturated carbocycles. The van der Waals surface area contributed by atoms with Gasteiger partial charge in [0, 0.05) is 31.1 Å². The highest BCUT2D eigenvalue weighted by atomic mass is 35.5. The van der Waals surface area contributed by atoms with Gasteiger partial charge in [-0.25, -0.2) is 12.8 Å². The number of carbonyl (C=O) groups excluding carboxylic acids is 1. The van der Waals surface area contributed by atoms with Gasteiger partial charge in [0.2, 0.25) is 5.91 Å². The van der Waals surface area contributed by atoms with E-state index in [9.17, 15) is 17.6 Å². The highest BCUT2D eigenvalue weighted by molar-refractivity contribution is 7.91. The van der Waals surface area contributed by atoms with Gasteiger partial charge in [0.15, 0.2) is 0 Å². The van der Waals surface area contributed by atoms with E-state index in [0.717, 1.165) is 11.3 Å². The van der Waals surface area contributed by atoms with Crippen LogP contribution in [0.2, 0.25) is 4.34 Å². The standard InChI is InChI=1S/C17H18ClFN2O3S2/c18-15-5-6-16(25-15)26(23,24)21-9-7-12(8-10-21)17(22)20-11-13-3-1-2-4-14(13)19/h1-6,12H,7-11H2,(H,20,22). The van der Waals surface area contributed by atoms with Crippen LogP contribution in [0.25, 0.3) is 0 Å². The first-order valence-electron chi connectivity index (χ1n) is 8.14. The Balaban J connectivity index is 1.55. The number of hydrogen-bond acceptors (Lipinski definition) is 4. The van der Waals surface area contributed by atoms with Gasteiger partial charge in [0.1, 0.15) is 10.0 Å². The molecule has 1 saturated heterocycles. The van der Waals surface area contributed by atoms with Gasteiger partial charge in [-0.1, -0.05) is 29.8 Å². The zero-order valence-corrected chi connectivity index (χ0v) is 16.2. The molecule has 1 fully saturated rings. The fourth-order valence-electron chi connectivity index (χ4n) is 2.89. The second kappa shape index (κ2) is 8.04. The van der Waals surface area contributed by atoms with E-state index in [0.29, 0.717) is 22.7 Å². The SMILES string of the molecule is O=C(NCc1ccccc1F)C1CCN(S(=O)(=O)c2ccc(Cl)s2)CC1. The van der Waals surface area contributed by atoms with E-state index in [1.807, 2.05) is 0 Å². The zero-order chi connectivity index (χ0) is 18.7. The summed E-state index contributed by atoms with van der Waals surface area (Å²) in [4.78, 5) is 12.3. The Morgan fingerprint density at radius 3 is 2.54 bits per heavy atom. The minimum atomic E-state index is -3.57. The molecule has 0 bridgehead atoms. The summed E-state index contributed by atoms with van der Waals surface area (Å²) >= 11 is 6.85. The van der Waals surface area contributed by atoms with E-state index in [2.05, 4.69) is 5.32 Å². The maximum Gasteiger partial charge on any atom is 0.252 e. The van der Waals surface area contributed by atoms with Gasteiger partial charge in [0.05, 0.1) is 4.34 Å². The lowest BCUT2D eigenvalue weighted by Crippen LogP contribution is -2.42. The highest BCUT2D eigenvalue weighted by Gasteiger charge is 2.32. The number of sulfonamides is 1. The molecule has 1 aliphatic heterocycles. The molecular weight excluding hydrogens is 399 g/mol. The molecule has 0 unspecified atom stereocenters. The van der Waals surface area contributed by atoms with Crippen LogP contribution in [0.1, 0.15) is 18.4 Å². The van der Waals surface area contributed by atoms with Crippen LogP contribution >= 0.6 is 22.9 Å². The summed E-state index contributed by atoms with van der Waals surface area (Å²) < 4.78 is 40.7. The van der Waals surface area contributed by atoms with E-state index in [1.165, 1.54) is 16.4 Å². The fourth-order valence-corrected chi connectivity index (χ4v) is 6.00. The summed E-state index contributed by atoms with van der Waals surface area (Å²) in [5, 5.41) is 2.74. The first kappa shape index (κ1) is 19.3. The molecule has 140 valence electrons. The molecule has 2 aromatic rings. The summed E-state index contributed by atoms with van der Waals surface area (Å²) in [5.74, 6) is -0.812. The predicted molar refractivity (Wildman–Crippen MR) is 99.1 cm³/mol. The Hall–Kier alpha value is -1.48. The third kappa shape index (κ3) is 4.25. The van der Waals surface area contributed by atoms with Crippen molar-refractivity contribution in [1.82, 2.24) is 9.62 Å². The van der Waals surface area contributed by atoms with Gasteiger partial charge in [-0.05, 0) is 31.0 Å². The van der Waals surface area contributed by atoms with Crippen LogP contribution in [0.4, 0.5) is 4.39 Å². The van der Waals surface area contributed by atoms with E-state index in [-0.39, 0.29) is 41.5 Å². The number of thiophene rings is 1. The molecule has 0 aliphatic carbocycles. The second-order valence-corrected chi connectivity index (χ2v) is 9.93. The smallest absolute Gasteiger partial charge is 0.252 e. The topological polar surface area (TPSA) is 66.5 Å². The number of rotatable bonds is 5. The summed E-state index contributed by atoms with van der Waals surface area (Å²) in [7, 11) is -3.57. The normalized spacial score (nSPS) is 16.5. The third-order valence-corrected chi connectivity index (χ3v) is 7.98. The number of piperidine rings is 1. The number of amides is 1. The predicted octanol–water partition coefficient (Wildman–Crippen LogP) is 3.26. The van der Waals surface area contributed by atoms with Crippen molar-refractivity contribution in [2.75, 3.05) is 13.1 Å². The molecule has 1 N–H and O–H groups in total. The Morgan fingerprint density at radius 2 is 1.92 bits per heavy atom. The molecule has 0 atom stereocenters. The van der Waals surface area contributed by atoms with Crippen molar-refractivity contribution in [2.24, 2.45) is 5.92 Å². The second-order valence-electron chi connectivity index (χ2n) is 6.05. The van der Waals surface area contributed by atoms with E-state index in [1.54, 1.807) is 24.3 Å². The Bertz CT molecular complexity index is 893. The molecule has 2 heterocycles. The molecule has 1 aromatic carbocycles. The first-order chi connectivity index (χ1) is 12.4. The van der Waals surface area contributed by atoms with Crippen LogP contribution in [0.3, 0.4) is 0 Å². The van der Waals surface area contributed by atoms with Crippen LogP contribution in [-0.4, -0.2) is 31.7 Å². The number of halogens is 2. The summed E-state index contributed by atoms with van der Waals surface area (Å²) in [6.07, 6.45) is 0.864. The molecule has 1 aliphatic rings. The Morgan fingerprint density at radius 1 is 1.23 bits per heavy atom. The zero-order valence-electron chi connectivity index (χ0n) is 13.8. The monoisotopic (exact) mass is 416 g/mol. The largest absolute Gasteiger partial charge is 0.352 e. The van der Waals surface area contributed by atoms with Crippen molar-refractivity contribution in [3.05, 3.63) is 52.1 Å². The first-order valence-corrected chi connectivity index (χ1v) is 10.8. The van der Waals surface area contributed by atoms with E-state index >= 15 is 0 Å². The molecule has 0 radical (unpaired) electrons. The molecule has 1 amide bonds. The van der Waals surface area contributed by atoms with E-state index in [4.69, 9.17) is 11.6 Å². The minimum Gasteiger partial charge on any atom is -0.352 e. The average molecular weight is 417 g/mol. The molecular formula is C17H18ClFN2O3S2. The van der Waals surface area contributed by atoms with Gasteiger partial charge in [-0.3, -0.25) is 4.79 Å². The number of nitrogens with zero attached hydrogens (tertiary/aromatic N) is 1. The fraction of sp³-hybridized carbons (Fsp3) is 0.353. The van der Waals surface area contributed by atoms with Gasteiger partial charge in [0.25, 0.3) is 10.0 Å². The van der Waals surface area contributed by atoms with Crippen LogP contribution in [-0.2, 0) is 21.4 Å². The van der Waals surface area contributed by atoms with Crippen molar-refractivity contribution >= 4 is 38.9 Å². The molecule has 9 heteroatoms. The number of carbonyl (C=O) groups is 1. The molecule has 26 heavy (non-hydrogen) atoms. The lowest BCUT2D eigenvalue weighted by atomic mass is 9.97. The number of hydrogen-bond donors (Lipinski definition) is 1. The maximum atomic E-state index is 13.6. The summed E-state index contributed by atoms with van der Waals surface area (Å²) in [5.41, 5.74) is 0.426. The van der Waals surface area contributed by atoms with Crippen LogP contribution in [0.15, 0.2) is 40.6 Å². The number of benzene rings is 1. The van der Waals surface area contributed by atoms with Crippen molar-refractivity contribution < 1.29 is 17.6 Å². The molecule has 0 spiro atoms. The quantitative estimate of drug-likeness (QED) is 0.813. The number of nitrogens with one attached hydrogen (secondary N) is 1. The highest BCUT2D eigenvalue weighted by Crippen LogP contribution is 2.30. The minimum absolute atomic E-state index is 0.123. The Labute approximate surface area is 160 Å². The molecule has 1 aromatic heterocycles. The van der Waals surface area contributed by atoms with Crippen molar-refractivity contribution in [2.45, 2.75) is 23.6 Å². The summed E-state index contributed by atoms with van der Waals surface area (Å²) in [6.45, 7) is 0.670. The van der Waals surface area contributed by atoms with Gasteiger partial charge < -0.3 is 5.32 Å². The van der Waals surface area contributed by atoms with Crippen molar-refractivity contribution in [3.8, 4) is 0 Å². The Kier molecular flexibility index (Phi) is 5.96. The molecule has 3 rings (SSSR count). The lowest BCUT2D eigenvalue weighted by Gasteiger charge is -2.30. The summed E-state index contributed by atoms with van der Waals surface area (Å²) in [6, 6.07) is 9.33. The maximum absolute atomic E-state index is 13.6. The van der Waals surface area contributed by atoms with Crippen molar-refractivity contribution in [1.29, 1.82) is 0 Å². The average Bonchev–Trinajstić information content (AvgIpc) is 3.08. The van der Waals surface area contributed by atoms with Gasteiger partial charge >= 0.3 is 0 Å². The van der Waals surface area contributed by atoms with E-state index < -0.39 is 10.0 Å². The third-order valence-electron chi connectivity index (χ3n) is 4.38. The van der Waals surface area contributed by atoms with Crippen LogP contribution in [0, 0.1) is 11.7 Å². The van der Waals surface area contributed by atoms with Gasteiger partial charge in [-0.2, -0.15) is 4.31 Å².